The molecule has 2 N–H and O–H groups in total. The van der Waals surface area contributed by atoms with Crippen LogP contribution in [0.5, 0.6) is 17.6 Å². The number of hydrogen-bond donors (Lipinski definition) is 2. The quantitative estimate of drug-likeness (QED) is 0.0539. The smallest absolute Gasteiger partial charge is 0.374 e. The van der Waals surface area contributed by atoms with Gasteiger partial charge in [-0.15, -0.1) is 0 Å². The molecule has 0 atom stereocenters. The van der Waals surface area contributed by atoms with Gasteiger partial charge < -0.3 is 33.9 Å². The standard InChI is InChI=1S/C20H26Cl2N2O2.C18H21Cl3N2O.C16H16Cl2N2O3.C16H18Cl2N2O2/c1-6-16-14(11-13-9-8-10-15(21)18(13)22)19(25-7-2)24-17(23-16)12-26-20(3,4)5;1-5-14-12(9-11-7-6-8-13(19)16(11)20)17(21)23-15(22-14)10-24-18(2,3)4;1-3-12-10(8-9-6-5-7-11(17)13(9)18)15(23-4-2)20-14(19-12)16(21)22;1-3-13-11(8-10-6-5-7-12(17)15(10)18)16(22-4-2)20-14(9-21)19-13/h8-10H,6-7,11-12H2,1-5H3;6-8H,5,9-10H2,1-4H3;5-7H,3-4,8H2,1-2H3,(H,21,22);5-7,21H,3-4,8-9H2,1-2H3. The van der Waals surface area contributed by atoms with Crippen molar-refractivity contribution in [2.75, 3.05) is 19.8 Å². The van der Waals surface area contributed by atoms with Crippen LogP contribution >= 0.6 is 104 Å². The minimum atomic E-state index is -1.19. The van der Waals surface area contributed by atoms with Gasteiger partial charge in [-0.2, -0.15) is 15.0 Å². The highest BCUT2D eigenvalue weighted by Gasteiger charge is 2.24. The summed E-state index contributed by atoms with van der Waals surface area (Å²) >= 11 is 56.0. The van der Waals surface area contributed by atoms with Crippen molar-refractivity contribution in [3.63, 3.8) is 0 Å². The van der Waals surface area contributed by atoms with Crippen molar-refractivity contribution in [3.05, 3.63) is 209 Å². The molecule has 0 aliphatic heterocycles. The van der Waals surface area contributed by atoms with Crippen LogP contribution in [0.1, 0.15) is 185 Å². The number of aliphatic hydroxyl groups excluding tert-OH is 1. The summed E-state index contributed by atoms with van der Waals surface area (Å²) in [5.41, 5.74) is 9.76. The van der Waals surface area contributed by atoms with Crippen LogP contribution in [0.15, 0.2) is 72.8 Å². The van der Waals surface area contributed by atoms with E-state index in [1.807, 2.05) is 132 Å². The summed E-state index contributed by atoms with van der Waals surface area (Å²) in [5.74, 6) is 1.47. The number of benzene rings is 4. The monoisotopic (exact) mass is 1480 g/mol. The van der Waals surface area contributed by atoms with Gasteiger partial charge in [-0.05, 0) is 135 Å². The minimum absolute atomic E-state index is 0.217. The first-order valence-electron chi connectivity index (χ1n) is 31.0. The number of nitrogens with zero attached hydrogens (tertiary/aromatic N) is 8. The number of rotatable bonds is 24. The van der Waals surface area contributed by atoms with E-state index < -0.39 is 5.97 Å². The molecule has 0 unspecified atom stereocenters. The van der Waals surface area contributed by atoms with Crippen LogP contribution in [0, 0.1) is 0 Å². The molecule has 95 heavy (non-hydrogen) atoms. The van der Waals surface area contributed by atoms with Crippen LogP contribution in [-0.4, -0.2) is 87.1 Å². The Morgan fingerprint density at radius 1 is 0.400 bits per heavy atom. The summed E-state index contributed by atoms with van der Waals surface area (Å²) in [6.45, 7) is 27.5. The normalized spacial score (nSPS) is 11.2. The second-order valence-electron chi connectivity index (χ2n) is 22.9. The number of carboxylic acids is 1. The number of hydrogen-bond acceptors (Lipinski definition) is 15. The lowest BCUT2D eigenvalue weighted by Gasteiger charge is -2.20. The molecule has 0 fully saturated rings. The lowest BCUT2D eigenvalue weighted by Crippen LogP contribution is -2.20. The van der Waals surface area contributed by atoms with E-state index >= 15 is 0 Å². The molecule has 8 rings (SSSR count). The van der Waals surface area contributed by atoms with Gasteiger partial charge in [-0.25, -0.2) is 29.7 Å². The largest absolute Gasteiger partial charge is 0.478 e. The number of ether oxygens (including phenoxy) is 5. The fourth-order valence-electron chi connectivity index (χ4n) is 9.17. The molecule has 0 aliphatic carbocycles. The highest BCUT2D eigenvalue weighted by atomic mass is 35.5. The number of aromatic carboxylic acids is 1. The van der Waals surface area contributed by atoms with Crippen molar-refractivity contribution in [3.8, 4) is 17.6 Å². The molecule has 4 aromatic heterocycles. The van der Waals surface area contributed by atoms with Gasteiger partial charge in [0.2, 0.25) is 23.5 Å². The Morgan fingerprint density at radius 2 is 0.695 bits per heavy atom. The molecular weight excluding hydrogens is 1400 g/mol. The Kier molecular flexibility index (Phi) is 32.6. The maximum atomic E-state index is 11.2. The zero-order valence-electron chi connectivity index (χ0n) is 55.7. The molecule has 0 amide bonds. The average molecular weight is 1480 g/mol. The lowest BCUT2D eigenvalue weighted by molar-refractivity contribution is -0.0186. The number of aromatic nitrogens is 8. The van der Waals surface area contributed by atoms with Gasteiger partial charge in [0.05, 0.1) is 88.3 Å². The van der Waals surface area contributed by atoms with E-state index in [1.165, 1.54) is 0 Å². The summed E-state index contributed by atoms with van der Waals surface area (Å²) in [4.78, 5) is 46.2. The van der Waals surface area contributed by atoms with E-state index in [0.717, 1.165) is 74.4 Å². The fourth-order valence-corrected chi connectivity index (χ4v) is 11.0. The Bertz CT molecular complexity index is 3870. The summed E-state index contributed by atoms with van der Waals surface area (Å²) < 4.78 is 28.5. The maximum Gasteiger partial charge on any atom is 0.374 e. The second-order valence-corrected chi connectivity index (χ2v) is 26.4. The first kappa shape index (κ1) is 80.2. The number of carbonyl (C=O) groups is 1. The maximum absolute atomic E-state index is 11.2. The third kappa shape index (κ3) is 24.2. The average Bonchev–Trinajstić information content (AvgIpc) is 0.839. The molecule has 512 valence electrons. The van der Waals surface area contributed by atoms with Crippen molar-refractivity contribution in [2.24, 2.45) is 0 Å². The van der Waals surface area contributed by atoms with E-state index in [4.69, 9.17) is 138 Å². The molecule has 0 radical (unpaired) electrons. The number of halogens is 9. The predicted octanol–water partition coefficient (Wildman–Crippen LogP) is 19.4. The van der Waals surface area contributed by atoms with Crippen LogP contribution in [-0.2, 0) is 80.7 Å². The third-order valence-corrected chi connectivity index (χ3v) is 17.5. The van der Waals surface area contributed by atoms with E-state index in [1.54, 1.807) is 24.3 Å². The number of aliphatic hydroxyl groups is 1. The van der Waals surface area contributed by atoms with Gasteiger partial charge in [0, 0.05) is 53.6 Å². The first-order chi connectivity index (χ1) is 45.0. The fraction of sp³-hybridized carbons (Fsp3) is 0.414. The summed E-state index contributed by atoms with van der Waals surface area (Å²) in [6.07, 6.45) is 4.83. The molecule has 0 aliphatic rings. The lowest BCUT2D eigenvalue weighted by atomic mass is 10.0. The van der Waals surface area contributed by atoms with Crippen LogP contribution in [0.4, 0.5) is 0 Å². The van der Waals surface area contributed by atoms with Gasteiger partial charge in [0.25, 0.3) is 0 Å². The Hall–Kier alpha value is -5.44. The molecule has 0 saturated heterocycles. The Morgan fingerprint density at radius 3 is 1.01 bits per heavy atom. The molecule has 8 aromatic rings. The third-order valence-electron chi connectivity index (χ3n) is 13.7. The van der Waals surface area contributed by atoms with Gasteiger partial charge in [0.1, 0.15) is 25.0 Å². The predicted molar refractivity (Wildman–Crippen MR) is 383 cm³/mol. The number of aryl methyl sites for hydroxylation is 4. The molecule has 4 aromatic carbocycles. The molecule has 0 spiro atoms. The molecule has 0 saturated carbocycles. The molecular formula is C70H81Cl9N8O8. The molecule has 4 heterocycles. The van der Waals surface area contributed by atoms with Crippen molar-refractivity contribution in [1.29, 1.82) is 0 Å². The Labute approximate surface area is 603 Å². The molecule has 16 nitrogen and oxygen atoms in total. The van der Waals surface area contributed by atoms with Gasteiger partial charge in [0.15, 0.2) is 17.5 Å². The zero-order chi connectivity index (χ0) is 70.3. The SMILES string of the molecule is CCOc1nc(C(=O)O)nc(CC)c1Cc1cccc(Cl)c1Cl.CCOc1nc(CO)nc(CC)c1Cc1cccc(Cl)c1Cl.CCOc1nc(COC(C)(C)C)nc(CC)c1Cc1cccc(Cl)c1Cl.CCc1nc(COC(C)(C)C)nc(Cl)c1Cc1cccc(Cl)c1Cl. The topological polar surface area (TPSA) is 207 Å². The van der Waals surface area contributed by atoms with Crippen LogP contribution in [0.2, 0.25) is 45.3 Å². The minimum Gasteiger partial charge on any atom is -0.478 e. The van der Waals surface area contributed by atoms with Crippen LogP contribution in [0.3, 0.4) is 0 Å². The Balaban J connectivity index is 0.000000230. The summed E-state index contributed by atoms with van der Waals surface area (Å²) in [6, 6.07) is 22.1. The zero-order valence-corrected chi connectivity index (χ0v) is 62.5. The summed E-state index contributed by atoms with van der Waals surface area (Å²) in [5, 5.41) is 23.0. The van der Waals surface area contributed by atoms with E-state index in [0.29, 0.717) is 152 Å². The van der Waals surface area contributed by atoms with Gasteiger partial charge in [-0.3, -0.25) is 0 Å². The molecule has 25 heteroatoms. The van der Waals surface area contributed by atoms with Gasteiger partial charge in [-0.1, -0.05) is 181 Å². The summed E-state index contributed by atoms with van der Waals surface area (Å²) in [7, 11) is 0. The van der Waals surface area contributed by atoms with E-state index in [-0.39, 0.29) is 29.5 Å². The van der Waals surface area contributed by atoms with E-state index in [9.17, 15) is 9.90 Å². The van der Waals surface area contributed by atoms with Crippen molar-refractivity contribution in [2.45, 2.75) is 172 Å². The van der Waals surface area contributed by atoms with Crippen molar-refractivity contribution < 1.29 is 38.7 Å². The number of carboxylic acid groups (broad SMARTS) is 1. The highest BCUT2D eigenvalue weighted by Crippen LogP contribution is 2.36. The second kappa shape index (κ2) is 38.6. The molecule has 0 bridgehead atoms. The van der Waals surface area contributed by atoms with E-state index in [2.05, 4.69) is 41.8 Å². The first-order valence-corrected chi connectivity index (χ1v) is 34.4. The highest BCUT2D eigenvalue weighted by molar-refractivity contribution is 6.44. The van der Waals surface area contributed by atoms with Crippen LogP contribution < -0.4 is 14.2 Å². The van der Waals surface area contributed by atoms with Crippen LogP contribution in [0.25, 0.3) is 0 Å². The van der Waals surface area contributed by atoms with Gasteiger partial charge >= 0.3 is 5.97 Å². The van der Waals surface area contributed by atoms with Crippen molar-refractivity contribution in [1.82, 2.24) is 39.9 Å². The van der Waals surface area contributed by atoms with Crippen molar-refractivity contribution >= 4 is 110 Å².